The molecule has 1 aliphatic carbocycles. The molecule has 1 unspecified atom stereocenters. The third-order valence-electron chi connectivity index (χ3n) is 7.07. The maximum Gasteiger partial charge on any atom is 0.217 e. The molecule has 11 heteroatoms. The predicted molar refractivity (Wildman–Crippen MR) is 142 cm³/mol. The van der Waals surface area contributed by atoms with Crippen molar-refractivity contribution in [1.29, 1.82) is 5.26 Å². The smallest absolute Gasteiger partial charge is 0.217 e. The lowest BCUT2D eigenvalue weighted by Crippen LogP contribution is -2.40. The van der Waals surface area contributed by atoms with E-state index in [1.54, 1.807) is 29.0 Å². The van der Waals surface area contributed by atoms with Crippen LogP contribution in [0.5, 0.6) is 0 Å². The molecule has 1 aliphatic heterocycles. The molecule has 1 atom stereocenters. The van der Waals surface area contributed by atoms with Crippen molar-refractivity contribution < 1.29 is 4.79 Å². The Hall–Kier alpha value is -4.04. The third kappa shape index (κ3) is 4.27. The number of hydrogen-bond acceptors (Lipinski definition) is 9. The molecule has 1 amide bonds. The number of carbonyl (C=O) groups is 1. The Balaban J connectivity index is 1.32. The molecule has 1 saturated heterocycles. The van der Waals surface area contributed by atoms with Crippen molar-refractivity contribution in [1.82, 2.24) is 30.1 Å². The summed E-state index contributed by atoms with van der Waals surface area (Å²) in [6.45, 7) is 7.41. The van der Waals surface area contributed by atoms with Crippen LogP contribution in [0.15, 0.2) is 36.7 Å². The van der Waals surface area contributed by atoms with Crippen molar-refractivity contribution in [3.8, 4) is 28.0 Å². The van der Waals surface area contributed by atoms with E-state index in [2.05, 4.69) is 50.7 Å². The molecule has 2 aliphatic rings. The average molecular weight is 514 g/mol. The van der Waals surface area contributed by atoms with E-state index in [9.17, 15) is 10.1 Å². The number of carbonyl (C=O) groups excluding carboxylic acids is 1. The topological polar surface area (TPSA) is 124 Å². The van der Waals surface area contributed by atoms with Crippen LogP contribution in [0.3, 0.4) is 0 Å². The number of pyridine rings is 1. The summed E-state index contributed by atoms with van der Waals surface area (Å²) in [6.07, 6.45) is 5.66. The van der Waals surface area contributed by atoms with E-state index in [4.69, 9.17) is 4.98 Å². The van der Waals surface area contributed by atoms with Crippen molar-refractivity contribution in [3.63, 3.8) is 0 Å². The normalized spacial score (nSPS) is 17.9. The quantitative estimate of drug-likeness (QED) is 0.400. The van der Waals surface area contributed by atoms with E-state index in [0.29, 0.717) is 5.56 Å². The minimum absolute atomic E-state index is 0.0168. The Labute approximate surface area is 218 Å². The summed E-state index contributed by atoms with van der Waals surface area (Å²) in [5, 5.41) is 31.0. The average Bonchev–Trinajstić information content (AvgIpc) is 3.19. The molecule has 6 rings (SSSR count). The summed E-state index contributed by atoms with van der Waals surface area (Å²) >= 11 is 1.55. The number of anilines is 2. The Morgan fingerprint density at radius 3 is 2.81 bits per heavy atom. The molecular formula is C26H27N9OS. The highest BCUT2D eigenvalue weighted by molar-refractivity contribution is 7.18. The molecule has 1 saturated carbocycles. The number of aromatic nitrogens is 5. The summed E-state index contributed by atoms with van der Waals surface area (Å²) in [5.74, 6) is 0.0168. The second-order valence-corrected chi connectivity index (χ2v) is 11.2. The van der Waals surface area contributed by atoms with Gasteiger partial charge in [-0.3, -0.25) is 9.78 Å². The van der Waals surface area contributed by atoms with Crippen LogP contribution in [0.4, 0.5) is 10.8 Å². The number of fused-ring (bicyclic) bond motifs is 1. The van der Waals surface area contributed by atoms with Crippen molar-refractivity contribution >= 4 is 33.6 Å². The zero-order chi connectivity index (χ0) is 25.7. The standard InChI is InChI=1S/C26H27N9OS/c1-15(2)30-20-9-21(22-5-4-18-8-17(10-27)11-29-35(18)22)28-12-19(20)24-32-33-25(37-24)34-13-23(31-16(3)36)26(14-34)6-7-26/h4-5,8-9,11-12,15,23H,6-7,13-14H2,1-3H3,(H,28,30)(H,31,36). The number of nitrogens with zero attached hydrogens (tertiary/aromatic N) is 7. The lowest BCUT2D eigenvalue weighted by atomic mass is 10.0. The summed E-state index contributed by atoms with van der Waals surface area (Å²) in [4.78, 5) is 18.7. The van der Waals surface area contributed by atoms with Gasteiger partial charge in [0.2, 0.25) is 11.0 Å². The second-order valence-electron chi connectivity index (χ2n) is 10.2. The second kappa shape index (κ2) is 8.81. The lowest BCUT2D eigenvalue weighted by molar-refractivity contribution is -0.119. The summed E-state index contributed by atoms with van der Waals surface area (Å²) in [7, 11) is 0. The number of amides is 1. The fourth-order valence-corrected chi connectivity index (χ4v) is 6.01. The number of nitriles is 1. The monoisotopic (exact) mass is 513 g/mol. The highest BCUT2D eigenvalue weighted by atomic mass is 32.1. The van der Waals surface area contributed by atoms with Crippen molar-refractivity contribution in [2.75, 3.05) is 23.3 Å². The lowest BCUT2D eigenvalue weighted by Gasteiger charge is -2.16. The first-order valence-corrected chi connectivity index (χ1v) is 13.2. The minimum Gasteiger partial charge on any atom is -0.382 e. The number of hydrogen-bond donors (Lipinski definition) is 2. The van der Waals surface area contributed by atoms with Crippen LogP contribution in [-0.4, -0.2) is 55.9 Å². The highest BCUT2D eigenvalue weighted by Gasteiger charge is 2.56. The summed E-state index contributed by atoms with van der Waals surface area (Å²) in [6, 6.07) is 10.2. The van der Waals surface area contributed by atoms with Gasteiger partial charge in [-0.1, -0.05) is 11.3 Å². The van der Waals surface area contributed by atoms with Crippen LogP contribution in [-0.2, 0) is 4.79 Å². The van der Waals surface area contributed by atoms with Gasteiger partial charge < -0.3 is 15.5 Å². The van der Waals surface area contributed by atoms with Gasteiger partial charge in [-0.15, -0.1) is 10.2 Å². The van der Waals surface area contributed by atoms with E-state index in [0.717, 1.165) is 64.2 Å². The number of nitrogens with one attached hydrogen (secondary N) is 2. The van der Waals surface area contributed by atoms with Gasteiger partial charge >= 0.3 is 0 Å². The Morgan fingerprint density at radius 2 is 2.08 bits per heavy atom. The van der Waals surface area contributed by atoms with Gasteiger partial charge in [0.1, 0.15) is 6.07 Å². The molecule has 0 aromatic carbocycles. The maximum atomic E-state index is 11.7. The fourth-order valence-electron chi connectivity index (χ4n) is 5.13. The van der Waals surface area contributed by atoms with E-state index in [1.807, 2.05) is 30.5 Å². The Morgan fingerprint density at radius 1 is 1.24 bits per heavy atom. The van der Waals surface area contributed by atoms with Gasteiger partial charge in [-0.2, -0.15) is 10.4 Å². The minimum atomic E-state index is 0.0168. The zero-order valence-corrected chi connectivity index (χ0v) is 21.7. The molecule has 4 aromatic heterocycles. The van der Waals surface area contributed by atoms with Crippen molar-refractivity contribution in [2.45, 2.75) is 45.7 Å². The van der Waals surface area contributed by atoms with Crippen LogP contribution in [0.2, 0.25) is 0 Å². The van der Waals surface area contributed by atoms with E-state index in [1.165, 1.54) is 0 Å². The molecule has 188 valence electrons. The highest BCUT2D eigenvalue weighted by Crippen LogP contribution is 2.54. The van der Waals surface area contributed by atoms with E-state index in [-0.39, 0.29) is 23.4 Å². The van der Waals surface area contributed by atoms with Gasteiger partial charge in [-0.05, 0) is 51.0 Å². The molecule has 37 heavy (non-hydrogen) atoms. The SMILES string of the molecule is CC(=O)NC1CN(c2nnc(-c3cnc(-c4ccc5cc(C#N)cnn45)cc3NC(C)C)s2)CC12CC2. The van der Waals surface area contributed by atoms with Gasteiger partial charge in [-0.25, -0.2) is 4.52 Å². The summed E-state index contributed by atoms with van der Waals surface area (Å²) in [5.41, 5.74) is 4.94. The summed E-state index contributed by atoms with van der Waals surface area (Å²) < 4.78 is 1.79. The van der Waals surface area contributed by atoms with Crippen molar-refractivity contribution in [2.24, 2.45) is 5.41 Å². The molecule has 4 aromatic rings. The molecule has 10 nitrogen and oxygen atoms in total. The molecule has 5 heterocycles. The molecule has 0 radical (unpaired) electrons. The van der Waals surface area contributed by atoms with Crippen LogP contribution >= 0.6 is 11.3 Å². The maximum absolute atomic E-state index is 11.7. The zero-order valence-electron chi connectivity index (χ0n) is 20.9. The number of rotatable bonds is 6. The van der Waals surface area contributed by atoms with E-state index >= 15 is 0 Å². The molecular weight excluding hydrogens is 486 g/mol. The Kier molecular flexibility index (Phi) is 5.56. The van der Waals surface area contributed by atoms with Crippen LogP contribution < -0.4 is 15.5 Å². The van der Waals surface area contributed by atoms with Crippen LogP contribution in [0, 0.1) is 16.7 Å². The van der Waals surface area contributed by atoms with Gasteiger partial charge in [0.25, 0.3) is 0 Å². The third-order valence-corrected chi connectivity index (χ3v) is 8.09. The Bertz CT molecular complexity index is 1550. The van der Waals surface area contributed by atoms with Gasteiger partial charge in [0, 0.05) is 43.4 Å². The van der Waals surface area contributed by atoms with Gasteiger partial charge in [0.15, 0.2) is 5.01 Å². The molecule has 2 fully saturated rings. The van der Waals surface area contributed by atoms with Gasteiger partial charge in [0.05, 0.1) is 40.3 Å². The van der Waals surface area contributed by atoms with E-state index < -0.39 is 0 Å². The molecule has 0 bridgehead atoms. The first-order chi connectivity index (χ1) is 17.8. The van der Waals surface area contributed by atoms with Crippen LogP contribution in [0.25, 0.3) is 27.5 Å². The largest absolute Gasteiger partial charge is 0.382 e. The molecule has 1 spiro atoms. The molecule has 2 N–H and O–H groups in total. The first-order valence-electron chi connectivity index (χ1n) is 12.4. The fraction of sp³-hybridized carbons (Fsp3) is 0.385. The first kappa shape index (κ1) is 23.4. The van der Waals surface area contributed by atoms with Crippen molar-refractivity contribution in [3.05, 3.63) is 42.2 Å². The van der Waals surface area contributed by atoms with Crippen LogP contribution in [0.1, 0.15) is 39.2 Å². The predicted octanol–water partition coefficient (Wildman–Crippen LogP) is 3.71.